The fraction of sp³-hybridized carbons (Fsp3) is 0.385. The first-order valence-electron chi connectivity index (χ1n) is 6.68. The molecule has 0 unspecified atom stereocenters. The Balaban J connectivity index is 1.80. The smallest absolute Gasteiger partial charge is 0.325 e. The second-order valence-corrected chi connectivity index (χ2v) is 5.56. The van der Waals surface area contributed by atoms with Crippen LogP contribution in [0.2, 0.25) is 0 Å². The molecule has 2 aromatic heterocycles. The van der Waals surface area contributed by atoms with E-state index in [-0.39, 0.29) is 18.1 Å². The average molecular weight is 370 g/mol. The zero-order valence-corrected chi connectivity index (χ0v) is 13.6. The number of carboxylic acid groups (broad SMARTS) is 1. The lowest BCUT2D eigenvalue weighted by atomic mass is 10.3. The minimum atomic E-state index is -1.04. The number of hydrogen-bond donors (Lipinski definition) is 2. The molecule has 0 bridgehead atoms. The number of hydrogen-bond acceptors (Lipinski definition) is 4. The molecular weight excluding hydrogens is 354 g/mol. The number of aryl methyl sites for hydroxylation is 2. The second-order valence-electron chi connectivity index (χ2n) is 4.70. The van der Waals surface area contributed by atoms with Gasteiger partial charge in [0.25, 0.3) is 5.91 Å². The second kappa shape index (κ2) is 7.21. The van der Waals surface area contributed by atoms with Crippen molar-refractivity contribution in [2.24, 2.45) is 0 Å². The molecule has 118 valence electrons. The summed E-state index contributed by atoms with van der Waals surface area (Å²) in [5.41, 5.74) is 1.15. The van der Waals surface area contributed by atoms with Gasteiger partial charge in [0.2, 0.25) is 0 Å². The van der Waals surface area contributed by atoms with Crippen LogP contribution in [0.3, 0.4) is 0 Å². The highest BCUT2D eigenvalue weighted by Crippen LogP contribution is 2.13. The van der Waals surface area contributed by atoms with Crippen LogP contribution in [0.25, 0.3) is 0 Å². The molecular formula is C13H16BrN5O3. The number of carboxylic acids is 1. The fourth-order valence-electron chi connectivity index (χ4n) is 1.92. The zero-order valence-electron chi connectivity index (χ0n) is 12.0. The van der Waals surface area contributed by atoms with Gasteiger partial charge in [0.05, 0.1) is 10.2 Å². The van der Waals surface area contributed by atoms with E-state index in [2.05, 4.69) is 31.4 Å². The number of nitrogens with zero attached hydrogens (tertiary/aromatic N) is 4. The number of rotatable bonds is 7. The third kappa shape index (κ3) is 4.17. The Morgan fingerprint density at radius 1 is 1.45 bits per heavy atom. The summed E-state index contributed by atoms with van der Waals surface area (Å²) in [4.78, 5) is 22.7. The molecule has 8 nitrogen and oxygen atoms in total. The zero-order chi connectivity index (χ0) is 16.1. The van der Waals surface area contributed by atoms with E-state index in [1.54, 1.807) is 4.68 Å². The van der Waals surface area contributed by atoms with Gasteiger partial charge in [-0.1, -0.05) is 0 Å². The van der Waals surface area contributed by atoms with E-state index in [9.17, 15) is 9.59 Å². The predicted molar refractivity (Wildman–Crippen MR) is 81.5 cm³/mol. The first-order chi connectivity index (χ1) is 10.5. The maximum Gasteiger partial charge on any atom is 0.325 e. The monoisotopic (exact) mass is 369 g/mol. The number of aliphatic carboxylic acids is 1. The van der Waals surface area contributed by atoms with Crippen molar-refractivity contribution >= 4 is 27.8 Å². The van der Waals surface area contributed by atoms with Crippen LogP contribution in [0.15, 0.2) is 22.9 Å². The summed E-state index contributed by atoms with van der Waals surface area (Å²) in [6, 6.07) is 1.49. The van der Waals surface area contributed by atoms with Crippen LogP contribution in [0.5, 0.6) is 0 Å². The van der Waals surface area contributed by atoms with Crippen molar-refractivity contribution in [1.29, 1.82) is 0 Å². The Hall–Kier alpha value is -2.16. The summed E-state index contributed by atoms with van der Waals surface area (Å²) < 4.78 is 3.92. The first kappa shape index (κ1) is 16.2. The molecule has 2 heterocycles. The molecule has 0 atom stereocenters. The van der Waals surface area contributed by atoms with Gasteiger partial charge in [0.1, 0.15) is 12.2 Å². The van der Waals surface area contributed by atoms with E-state index in [1.807, 2.05) is 13.1 Å². The Kier molecular flexibility index (Phi) is 5.31. The van der Waals surface area contributed by atoms with Gasteiger partial charge in [-0.15, -0.1) is 0 Å². The minimum Gasteiger partial charge on any atom is -0.480 e. The third-order valence-corrected chi connectivity index (χ3v) is 3.75. The highest BCUT2D eigenvalue weighted by molar-refractivity contribution is 9.10. The average Bonchev–Trinajstić information content (AvgIpc) is 3.01. The van der Waals surface area contributed by atoms with Crippen molar-refractivity contribution in [3.63, 3.8) is 0 Å². The van der Waals surface area contributed by atoms with Crippen LogP contribution >= 0.6 is 15.9 Å². The van der Waals surface area contributed by atoms with Crippen molar-refractivity contribution in [2.45, 2.75) is 26.4 Å². The molecule has 0 fully saturated rings. The lowest BCUT2D eigenvalue weighted by molar-refractivity contribution is -0.137. The van der Waals surface area contributed by atoms with Gasteiger partial charge >= 0.3 is 5.97 Å². The standard InChI is InChI=1S/C13H16BrN5O3/c1-9-10(14)7-18(17-9)6-2-4-15-13(22)11-3-5-16-19(11)8-12(20)21/h3,5,7H,2,4,6,8H2,1H3,(H,15,22)(H,20,21). The van der Waals surface area contributed by atoms with E-state index < -0.39 is 5.97 Å². The van der Waals surface area contributed by atoms with Gasteiger partial charge in [0, 0.05) is 25.5 Å². The molecule has 1 amide bonds. The number of halogens is 1. The number of aromatic nitrogens is 4. The van der Waals surface area contributed by atoms with E-state index in [0.717, 1.165) is 14.8 Å². The molecule has 0 aliphatic rings. The lowest BCUT2D eigenvalue weighted by Gasteiger charge is -2.07. The maximum absolute atomic E-state index is 12.0. The lowest BCUT2D eigenvalue weighted by Crippen LogP contribution is -2.28. The normalized spacial score (nSPS) is 10.6. The van der Waals surface area contributed by atoms with Crippen LogP contribution in [0, 0.1) is 6.92 Å². The Bertz CT molecular complexity index is 660. The van der Waals surface area contributed by atoms with Gasteiger partial charge in [-0.25, -0.2) is 4.68 Å². The van der Waals surface area contributed by atoms with Crippen LogP contribution in [-0.4, -0.2) is 43.1 Å². The van der Waals surface area contributed by atoms with Crippen LogP contribution in [0.1, 0.15) is 22.6 Å². The number of nitrogens with one attached hydrogen (secondary N) is 1. The summed E-state index contributed by atoms with van der Waals surface area (Å²) in [6.07, 6.45) is 4.01. The third-order valence-electron chi connectivity index (χ3n) is 2.97. The predicted octanol–water partition coefficient (Wildman–Crippen LogP) is 1.06. The fourth-order valence-corrected chi connectivity index (χ4v) is 2.24. The largest absolute Gasteiger partial charge is 0.480 e. The topological polar surface area (TPSA) is 102 Å². The van der Waals surface area contributed by atoms with Crippen molar-refractivity contribution in [1.82, 2.24) is 24.9 Å². The number of carbonyl (C=O) groups is 2. The van der Waals surface area contributed by atoms with Gasteiger partial charge in [-0.05, 0) is 35.3 Å². The molecule has 2 N–H and O–H groups in total. The Morgan fingerprint density at radius 3 is 2.86 bits per heavy atom. The molecule has 0 aromatic carbocycles. The molecule has 9 heteroatoms. The molecule has 22 heavy (non-hydrogen) atoms. The quantitative estimate of drug-likeness (QED) is 0.710. The van der Waals surface area contributed by atoms with Gasteiger partial charge in [-0.2, -0.15) is 10.2 Å². The summed E-state index contributed by atoms with van der Waals surface area (Å²) in [6.45, 7) is 2.72. The van der Waals surface area contributed by atoms with E-state index in [0.29, 0.717) is 19.5 Å². The SMILES string of the molecule is Cc1nn(CCCNC(=O)c2ccnn2CC(=O)O)cc1Br. The Morgan fingerprint density at radius 2 is 2.23 bits per heavy atom. The maximum atomic E-state index is 12.0. The molecule has 0 aliphatic heterocycles. The Labute approximate surface area is 135 Å². The van der Waals surface area contributed by atoms with E-state index >= 15 is 0 Å². The molecule has 0 aliphatic carbocycles. The van der Waals surface area contributed by atoms with Crippen LogP contribution in [0.4, 0.5) is 0 Å². The molecule has 2 aromatic rings. The highest BCUT2D eigenvalue weighted by atomic mass is 79.9. The highest BCUT2D eigenvalue weighted by Gasteiger charge is 2.13. The van der Waals surface area contributed by atoms with E-state index in [4.69, 9.17) is 5.11 Å². The minimum absolute atomic E-state index is 0.236. The van der Waals surface area contributed by atoms with Crippen LogP contribution in [-0.2, 0) is 17.9 Å². The molecule has 0 radical (unpaired) electrons. The summed E-state index contributed by atoms with van der Waals surface area (Å²) >= 11 is 3.39. The summed E-state index contributed by atoms with van der Waals surface area (Å²) in [7, 11) is 0. The molecule has 0 saturated heterocycles. The number of amides is 1. The van der Waals surface area contributed by atoms with Crippen molar-refractivity contribution in [2.75, 3.05) is 6.54 Å². The molecule has 0 spiro atoms. The van der Waals surface area contributed by atoms with Gasteiger partial charge in [0.15, 0.2) is 0 Å². The van der Waals surface area contributed by atoms with Crippen molar-refractivity contribution in [3.8, 4) is 0 Å². The molecule has 2 rings (SSSR count). The summed E-state index contributed by atoms with van der Waals surface area (Å²) in [5.74, 6) is -1.38. The first-order valence-corrected chi connectivity index (χ1v) is 7.48. The van der Waals surface area contributed by atoms with Crippen molar-refractivity contribution in [3.05, 3.63) is 34.3 Å². The van der Waals surface area contributed by atoms with Crippen molar-refractivity contribution < 1.29 is 14.7 Å². The summed E-state index contributed by atoms with van der Waals surface area (Å²) in [5, 5.41) is 19.6. The number of carbonyl (C=O) groups excluding carboxylic acids is 1. The van der Waals surface area contributed by atoms with Gasteiger partial charge < -0.3 is 10.4 Å². The van der Waals surface area contributed by atoms with E-state index in [1.165, 1.54) is 12.3 Å². The van der Waals surface area contributed by atoms with Gasteiger partial charge in [-0.3, -0.25) is 14.3 Å². The van der Waals surface area contributed by atoms with Crippen LogP contribution < -0.4 is 5.32 Å². The molecule has 0 saturated carbocycles.